The number of carboxylic acids is 1. The van der Waals surface area contributed by atoms with Crippen molar-refractivity contribution >= 4 is 63.6 Å². The SMILES string of the molecule is CC(C)(C)OC(=O)CON=C(C(=O)NC1C(=O)N2C(C(=O)O)=C(C=C3CCN(CCF)C3=O)CSC12)c1csc(N)n1. The zero-order valence-corrected chi connectivity index (χ0v) is 24.6. The summed E-state index contributed by atoms with van der Waals surface area (Å²) in [5, 5.41) is 17.1. The lowest BCUT2D eigenvalue weighted by atomic mass is 10.0. The summed E-state index contributed by atoms with van der Waals surface area (Å²) in [4.78, 5) is 74.5. The number of hydrogen-bond acceptors (Lipinski definition) is 12. The molecule has 17 heteroatoms. The van der Waals surface area contributed by atoms with Gasteiger partial charge in [-0.05, 0) is 38.8 Å². The van der Waals surface area contributed by atoms with Crippen molar-refractivity contribution in [1.82, 2.24) is 20.1 Å². The Morgan fingerprint density at radius 1 is 1.33 bits per heavy atom. The maximum atomic E-state index is 13.2. The lowest BCUT2D eigenvalue weighted by Gasteiger charge is -2.49. The van der Waals surface area contributed by atoms with E-state index < -0.39 is 54.1 Å². The number of likely N-dealkylation sites (tertiary alicyclic amines) is 1. The standard InChI is InChI=1S/C25H29FN6O8S2/c1-25(2,3)40-15(33)9-39-30-16(14-11-42-24(27)28-14)19(34)29-17-21(36)32-18(23(37)38)13(10-41-22(17)32)8-12-4-6-31(7-5-26)20(12)35/h8,11,17,22H,4-7,9-10H2,1-3H3,(H2,27,28)(H,29,34)(H,37,38). The van der Waals surface area contributed by atoms with Crippen LogP contribution in [0.5, 0.6) is 0 Å². The third kappa shape index (κ3) is 6.73. The first-order valence-corrected chi connectivity index (χ1v) is 14.6. The van der Waals surface area contributed by atoms with Gasteiger partial charge in [0.05, 0.1) is 0 Å². The topological polar surface area (TPSA) is 194 Å². The van der Waals surface area contributed by atoms with Gasteiger partial charge in [-0.1, -0.05) is 5.16 Å². The Bertz CT molecular complexity index is 1400. The van der Waals surface area contributed by atoms with E-state index in [4.69, 9.17) is 15.3 Å². The number of esters is 1. The van der Waals surface area contributed by atoms with Crippen LogP contribution in [0, 0.1) is 0 Å². The van der Waals surface area contributed by atoms with Crippen molar-refractivity contribution in [1.29, 1.82) is 0 Å². The van der Waals surface area contributed by atoms with Crippen LogP contribution in [-0.2, 0) is 33.5 Å². The van der Waals surface area contributed by atoms with Gasteiger partial charge in [-0.2, -0.15) is 0 Å². The number of fused-ring (bicyclic) bond motifs is 1. The molecule has 2 atom stereocenters. The number of aliphatic carboxylic acids is 1. The minimum atomic E-state index is -1.37. The first kappa shape index (κ1) is 31.0. The van der Waals surface area contributed by atoms with Gasteiger partial charge in [-0.15, -0.1) is 23.1 Å². The van der Waals surface area contributed by atoms with Gasteiger partial charge in [0.2, 0.25) is 12.5 Å². The molecule has 4 N–H and O–H groups in total. The number of β-lactam (4-membered cyclic amide) rings is 1. The second-order valence-electron chi connectivity index (χ2n) is 10.3. The number of hydrogen-bond donors (Lipinski definition) is 3. The van der Waals surface area contributed by atoms with E-state index in [0.29, 0.717) is 18.5 Å². The zero-order valence-electron chi connectivity index (χ0n) is 22.9. The molecule has 3 amide bonds. The summed E-state index contributed by atoms with van der Waals surface area (Å²) in [5.74, 6) is -3.86. The molecule has 0 aromatic carbocycles. The highest BCUT2D eigenvalue weighted by Gasteiger charge is 2.54. The minimum absolute atomic E-state index is 0.0437. The minimum Gasteiger partial charge on any atom is -0.477 e. The van der Waals surface area contributed by atoms with Crippen molar-refractivity contribution in [2.45, 2.75) is 44.2 Å². The molecule has 4 rings (SSSR count). The molecule has 1 aromatic heterocycles. The summed E-state index contributed by atoms with van der Waals surface area (Å²) in [5.41, 5.74) is 4.94. The molecular formula is C25H29FN6O8S2. The van der Waals surface area contributed by atoms with Crippen molar-refractivity contribution in [3.8, 4) is 0 Å². The van der Waals surface area contributed by atoms with Gasteiger partial charge in [0.1, 0.15) is 35.1 Å². The number of oxime groups is 1. The van der Waals surface area contributed by atoms with Gasteiger partial charge < -0.3 is 30.6 Å². The van der Waals surface area contributed by atoms with E-state index >= 15 is 0 Å². The number of anilines is 1. The number of nitrogens with zero attached hydrogens (tertiary/aromatic N) is 4. The number of carbonyl (C=O) groups excluding carboxylic acids is 4. The number of aromatic nitrogens is 1. The number of nitrogens with one attached hydrogen (secondary N) is 1. The van der Waals surface area contributed by atoms with Crippen molar-refractivity contribution in [3.63, 3.8) is 0 Å². The summed E-state index contributed by atoms with van der Waals surface area (Å²) >= 11 is 2.24. The summed E-state index contributed by atoms with van der Waals surface area (Å²) in [6.07, 6.45) is 1.78. The number of carbonyl (C=O) groups is 5. The Kier molecular flexibility index (Phi) is 9.20. The highest BCUT2D eigenvalue weighted by molar-refractivity contribution is 8.00. The second-order valence-corrected chi connectivity index (χ2v) is 12.3. The number of ether oxygens (including phenoxy) is 1. The number of nitrogens with two attached hydrogens (primary N) is 1. The number of thiazole rings is 1. The van der Waals surface area contributed by atoms with Gasteiger partial charge in [0.25, 0.3) is 11.8 Å². The third-order valence-corrected chi connectivity index (χ3v) is 8.12. The molecule has 0 bridgehead atoms. The molecule has 2 fully saturated rings. The molecule has 226 valence electrons. The van der Waals surface area contributed by atoms with Gasteiger partial charge >= 0.3 is 11.9 Å². The van der Waals surface area contributed by atoms with Crippen molar-refractivity contribution in [2.24, 2.45) is 5.16 Å². The molecule has 0 saturated carbocycles. The molecule has 2 unspecified atom stereocenters. The summed E-state index contributed by atoms with van der Waals surface area (Å²) < 4.78 is 17.9. The number of amides is 3. The molecule has 0 radical (unpaired) electrons. The fourth-order valence-corrected chi connectivity index (χ4v) is 6.27. The average Bonchev–Trinajstić information content (AvgIpc) is 3.49. The smallest absolute Gasteiger partial charge is 0.352 e. The number of allylic oxidation sites excluding steroid dienone is 1. The normalized spacial score (nSPS) is 21.8. The van der Waals surface area contributed by atoms with E-state index in [1.54, 1.807) is 20.8 Å². The number of nitrogen functional groups attached to an aromatic ring is 1. The van der Waals surface area contributed by atoms with Gasteiger partial charge in [0.15, 0.2) is 10.8 Å². The largest absolute Gasteiger partial charge is 0.477 e. The van der Waals surface area contributed by atoms with Crippen LogP contribution in [0.4, 0.5) is 9.52 Å². The molecule has 1 aromatic rings. The number of rotatable bonds is 10. The molecule has 2 saturated heterocycles. The Morgan fingerprint density at radius 3 is 2.69 bits per heavy atom. The molecule has 42 heavy (non-hydrogen) atoms. The average molecular weight is 625 g/mol. The highest BCUT2D eigenvalue weighted by atomic mass is 32.2. The molecule has 0 aliphatic carbocycles. The van der Waals surface area contributed by atoms with Crippen LogP contribution in [0.15, 0.2) is 33.5 Å². The van der Waals surface area contributed by atoms with Crippen LogP contribution in [0.3, 0.4) is 0 Å². The molecule has 4 heterocycles. The van der Waals surface area contributed by atoms with Crippen molar-refractivity contribution in [3.05, 3.63) is 34.0 Å². The quantitative estimate of drug-likeness (QED) is 0.109. The maximum absolute atomic E-state index is 13.2. The molecular weight excluding hydrogens is 595 g/mol. The van der Waals surface area contributed by atoms with Crippen LogP contribution >= 0.6 is 23.1 Å². The van der Waals surface area contributed by atoms with E-state index in [9.17, 15) is 33.5 Å². The number of carboxylic acid groups (broad SMARTS) is 1. The van der Waals surface area contributed by atoms with Crippen molar-refractivity contribution in [2.75, 3.05) is 37.9 Å². The Hall–Kier alpha value is -3.99. The van der Waals surface area contributed by atoms with Crippen LogP contribution < -0.4 is 11.1 Å². The maximum Gasteiger partial charge on any atom is 0.352 e. The van der Waals surface area contributed by atoms with Gasteiger partial charge in [-0.3, -0.25) is 19.3 Å². The monoisotopic (exact) mass is 624 g/mol. The van der Waals surface area contributed by atoms with E-state index in [1.807, 2.05) is 0 Å². The molecule has 0 spiro atoms. The summed E-state index contributed by atoms with van der Waals surface area (Å²) in [6, 6.07) is -1.11. The Balaban J connectivity index is 1.50. The number of halogens is 1. The Morgan fingerprint density at radius 2 is 2.07 bits per heavy atom. The predicted octanol–water partition coefficient (Wildman–Crippen LogP) is 0.655. The lowest BCUT2D eigenvalue weighted by Crippen LogP contribution is -2.71. The Labute approximate surface area is 247 Å². The van der Waals surface area contributed by atoms with E-state index in [0.717, 1.165) is 16.2 Å². The number of alkyl halides is 1. The summed E-state index contributed by atoms with van der Waals surface area (Å²) in [6.45, 7) is 4.02. The van der Waals surface area contributed by atoms with Gasteiger partial charge in [-0.25, -0.2) is 19.0 Å². The predicted molar refractivity (Wildman–Crippen MR) is 150 cm³/mol. The van der Waals surface area contributed by atoms with Crippen molar-refractivity contribution < 1.29 is 43.0 Å². The zero-order chi connectivity index (χ0) is 30.8. The highest BCUT2D eigenvalue weighted by Crippen LogP contribution is 2.41. The fraction of sp³-hybridized carbons (Fsp3) is 0.480. The van der Waals surface area contributed by atoms with Crippen LogP contribution in [-0.4, -0.2) is 104 Å². The lowest BCUT2D eigenvalue weighted by molar-refractivity contribution is -0.160. The third-order valence-electron chi connectivity index (χ3n) is 6.14. The first-order valence-electron chi connectivity index (χ1n) is 12.7. The van der Waals surface area contributed by atoms with Crippen LogP contribution in [0.2, 0.25) is 0 Å². The first-order chi connectivity index (χ1) is 19.8. The van der Waals surface area contributed by atoms with E-state index in [2.05, 4.69) is 15.5 Å². The van der Waals surface area contributed by atoms with E-state index in [-0.39, 0.29) is 46.0 Å². The molecule has 3 aliphatic heterocycles. The van der Waals surface area contributed by atoms with E-state index in [1.165, 1.54) is 28.1 Å². The van der Waals surface area contributed by atoms with Gasteiger partial charge in [0, 0.05) is 29.8 Å². The van der Waals surface area contributed by atoms with Crippen LogP contribution in [0.25, 0.3) is 0 Å². The number of thioether (sulfide) groups is 1. The molecule has 14 nitrogen and oxygen atoms in total. The molecule has 3 aliphatic rings. The summed E-state index contributed by atoms with van der Waals surface area (Å²) in [7, 11) is 0. The van der Waals surface area contributed by atoms with Crippen LogP contribution in [0.1, 0.15) is 32.9 Å². The fourth-order valence-electron chi connectivity index (χ4n) is 4.41. The second kappa shape index (κ2) is 12.5.